The quantitative estimate of drug-likeness (QED) is 0.730. The molecular weight excluding hydrogens is 240 g/mol. The first kappa shape index (κ1) is 15.5. The molecule has 0 fully saturated rings. The Morgan fingerprint density at radius 2 is 1.95 bits per heavy atom. The van der Waals surface area contributed by atoms with Gasteiger partial charge < -0.3 is 15.2 Å². The third-order valence-corrected chi connectivity index (χ3v) is 2.88. The fraction of sp³-hybridized carbons (Fsp3) is 0.533. The highest BCUT2D eigenvalue weighted by atomic mass is 16.5. The van der Waals surface area contributed by atoms with Crippen LogP contribution in [0.4, 0.5) is 0 Å². The van der Waals surface area contributed by atoms with E-state index in [0.717, 1.165) is 25.2 Å². The van der Waals surface area contributed by atoms with Crippen LogP contribution in [0, 0.1) is 11.3 Å². The minimum atomic E-state index is -0.757. The molecule has 0 spiro atoms. The molecule has 0 radical (unpaired) electrons. The number of nitriles is 1. The summed E-state index contributed by atoms with van der Waals surface area (Å²) in [6, 6.07) is 10.1. The summed E-state index contributed by atoms with van der Waals surface area (Å²) in [6.07, 6.45) is 2.31. The Kier molecular flexibility index (Phi) is 6.34. The number of nitrogens with two attached hydrogens (primary N) is 1. The third-order valence-electron chi connectivity index (χ3n) is 2.88. The van der Waals surface area contributed by atoms with Crippen LogP contribution in [-0.4, -0.2) is 25.9 Å². The molecule has 0 bridgehead atoms. The standard InChI is InChI=1S/C15H22N2O2/c1-15(17,12-16)9-3-10-19-14-6-4-13(5-7-14)8-11-18-2/h4-7H,3,8-11,17H2,1-2H3. The summed E-state index contributed by atoms with van der Waals surface area (Å²) in [6.45, 7) is 3.03. The van der Waals surface area contributed by atoms with Gasteiger partial charge in [-0.25, -0.2) is 0 Å². The van der Waals surface area contributed by atoms with Gasteiger partial charge in [-0.05, 0) is 43.9 Å². The maximum absolute atomic E-state index is 8.79. The van der Waals surface area contributed by atoms with E-state index in [9.17, 15) is 0 Å². The lowest BCUT2D eigenvalue weighted by Gasteiger charge is -2.15. The summed E-state index contributed by atoms with van der Waals surface area (Å²) in [5, 5.41) is 8.79. The van der Waals surface area contributed by atoms with E-state index in [1.165, 1.54) is 5.56 Å². The van der Waals surface area contributed by atoms with Gasteiger partial charge in [0.2, 0.25) is 0 Å². The van der Waals surface area contributed by atoms with Gasteiger partial charge in [-0.1, -0.05) is 12.1 Å². The first-order valence-corrected chi connectivity index (χ1v) is 6.48. The van der Waals surface area contributed by atoms with Crippen LogP contribution in [0.15, 0.2) is 24.3 Å². The molecule has 2 N–H and O–H groups in total. The van der Waals surface area contributed by atoms with Gasteiger partial charge in [-0.2, -0.15) is 5.26 Å². The van der Waals surface area contributed by atoms with Gasteiger partial charge >= 0.3 is 0 Å². The zero-order valence-electron chi connectivity index (χ0n) is 11.7. The normalized spacial score (nSPS) is 13.6. The van der Waals surface area contributed by atoms with Gasteiger partial charge in [0.15, 0.2) is 0 Å². The monoisotopic (exact) mass is 262 g/mol. The fourth-order valence-corrected chi connectivity index (χ4v) is 1.66. The maximum Gasteiger partial charge on any atom is 0.119 e. The van der Waals surface area contributed by atoms with E-state index in [1.54, 1.807) is 14.0 Å². The Morgan fingerprint density at radius 1 is 1.26 bits per heavy atom. The number of ether oxygens (including phenoxy) is 2. The zero-order valence-corrected chi connectivity index (χ0v) is 11.7. The average Bonchev–Trinajstić information content (AvgIpc) is 2.42. The lowest BCUT2D eigenvalue weighted by molar-refractivity contribution is 0.202. The number of hydrogen-bond acceptors (Lipinski definition) is 4. The molecular formula is C15H22N2O2. The molecule has 1 rings (SSSR count). The number of benzene rings is 1. The molecule has 19 heavy (non-hydrogen) atoms. The van der Waals surface area contributed by atoms with Crippen molar-refractivity contribution in [3.63, 3.8) is 0 Å². The van der Waals surface area contributed by atoms with Gasteiger partial charge in [0.1, 0.15) is 11.3 Å². The lowest BCUT2D eigenvalue weighted by Crippen LogP contribution is -2.34. The largest absolute Gasteiger partial charge is 0.494 e. The molecule has 0 aliphatic rings. The number of nitrogens with zero attached hydrogens (tertiary/aromatic N) is 1. The van der Waals surface area contributed by atoms with Gasteiger partial charge in [-0.15, -0.1) is 0 Å². The number of hydrogen-bond donors (Lipinski definition) is 1. The SMILES string of the molecule is COCCc1ccc(OCCCC(C)(N)C#N)cc1. The van der Waals surface area contributed by atoms with Gasteiger partial charge in [0, 0.05) is 7.11 Å². The predicted molar refractivity (Wildman–Crippen MR) is 75.0 cm³/mol. The molecule has 0 saturated carbocycles. The summed E-state index contributed by atoms with van der Waals surface area (Å²) in [5.74, 6) is 0.844. The molecule has 0 heterocycles. The van der Waals surface area contributed by atoms with Crippen LogP contribution in [0.3, 0.4) is 0 Å². The molecule has 1 atom stereocenters. The Morgan fingerprint density at radius 3 is 2.53 bits per heavy atom. The molecule has 0 aromatic heterocycles. The van der Waals surface area contributed by atoms with E-state index in [4.69, 9.17) is 20.5 Å². The van der Waals surface area contributed by atoms with Gasteiger partial charge in [-0.3, -0.25) is 0 Å². The summed E-state index contributed by atoms with van der Waals surface area (Å²) in [7, 11) is 1.70. The molecule has 1 aromatic rings. The van der Waals surface area contributed by atoms with Crippen LogP contribution in [0.5, 0.6) is 5.75 Å². The smallest absolute Gasteiger partial charge is 0.119 e. The van der Waals surface area contributed by atoms with E-state index in [-0.39, 0.29) is 0 Å². The van der Waals surface area contributed by atoms with Crippen molar-refractivity contribution in [3.05, 3.63) is 29.8 Å². The van der Waals surface area contributed by atoms with Crippen molar-refractivity contribution < 1.29 is 9.47 Å². The van der Waals surface area contributed by atoms with Crippen molar-refractivity contribution in [3.8, 4) is 11.8 Å². The van der Waals surface area contributed by atoms with Crippen LogP contribution in [-0.2, 0) is 11.2 Å². The Bertz CT molecular complexity index is 407. The van der Waals surface area contributed by atoms with Crippen molar-refractivity contribution in [2.45, 2.75) is 31.7 Å². The second kappa shape index (κ2) is 7.78. The predicted octanol–water partition coefficient (Wildman–Crippen LogP) is 2.28. The lowest BCUT2D eigenvalue weighted by atomic mass is 10.00. The molecule has 4 heteroatoms. The summed E-state index contributed by atoms with van der Waals surface area (Å²) in [5.41, 5.74) is 6.21. The highest BCUT2D eigenvalue weighted by Gasteiger charge is 2.16. The van der Waals surface area contributed by atoms with E-state index in [1.807, 2.05) is 24.3 Å². The Labute approximate surface area is 115 Å². The maximum atomic E-state index is 8.79. The van der Waals surface area contributed by atoms with Crippen molar-refractivity contribution in [1.29, 1.82) is 5.26 Å². The van der Waals surface area contributed by atoms with Crippen LogP contribution in [0.2, 0.25) is 0 Å². The highest BCUT2D eigenvalue weighted by molar-refractivity contribution is 5.27. The zero-order chi connectivity index (χ0) is 14.1. The van der Waals surface area contributed by atoms with Crippen LogP contribution in [0.1, 0.15) is 25.3 Å². The summed E-state index contributed by atoms with van der Waals surface area (Å²) < 4.78 is 10.6. The van der Waals surface area contributed by atoms with Crippen molar-refractivity contribution >= 4 is 0 Å². The van der Waals surface area contributed by atoms with E-state index in [2.05, 4.69) is 6.07 Å². The summed E-state index contributed by atoms with van der Waals surface area (Å²) >= 11 is 0. The average molecular weight is 262 g/mol. The van der Waals surface area contributed by atoms with Gasteiger partial charge in [0.25, 0.3) is 0 Å². The topological polar surface area (TPSA) is 68.3 Å². The van der Waals surface area contributed by atoms with Crippen LogP contribution >= 0.6 is 0 Å². The van der Waals surface area contributed by atoms with E-state index < -0.39 is 5.54 Å². The molecule has 0 aliphatic heterocycles. The van der Waals surface area contributed by atoms with E-state index >= 15 is 0 Å². The van der Waals surface area contributed by atoms with E-state index in [0.29, 0.717) is 13.0 Å². The summed E-state index contributed by atoms with van der Waals surface area (Å²) in [4.78, 5) is 0. The minimum Gasteiger partial charge on any atom is -0.494 e. The first-order valence-electron chi connectivity index (χ1n) is 6.48. The molecule has 1 unspecified atom stereocenters. The number of methoxy groups -OCH3 is 1. The molecule has 1 aromatic carbocycles. The highest BCUT2D eigenvalue weighted by Crippen LogP contribution is 2.14. The molecule has 0 amide bonds. The van der Waals surface area contributed by atoms with Crippen molar-refractivity contribution in [2.75, 3.05) is 20.3 Å². The second-order valence-electron chi connectivity index (χ2n) is 4.87. The molecule has 0 aliphatic carbocycles. The number of rotatable bonds is 8. The minimum absolute atomic E-state index is 0.575. The Balaban J connectivity index is 2.29. The second-order valence-corrected chi connectivity index (χ2v) is 4.87. The van der Waals surface area contributed by atoms with Crippen LogP contribution in [0.25, 0.3) is 0 Å². The third kappa shape index (κ3) is 6.23. The van der Waals surface area contributed by atoms with Gasteiger partial charge in [0.05, 0.1) is 19.3 Å². The van der Waals surface area contributed by atoms with Crippen LogP contribution < -0.4 is 10.5 Å². The fourth-order valence-electron chi connectivity index (χ4n) is 1.66. The van der Waals surface area contributed by atoms with Crippen molar-refractivity contribution in [1.82, 2.24) is 0 Å². The Hall–Kier alpha value is -1.57. The van der Waals surface area contributed by atoms with Crippen molar-refractivity contribution in [2.24, 2.45) is 5.73 Å². The molecule has 0 saturated heterocycles. The first-order chi connectivity index (χ1) is 9.07. The molecule has 104 valence electrons. The molecule has 4 nitrogen and oxygen atoms in total.